The molecule has 8 heteroatoms. The Morgan fingerprint density at radius 1 is 0.811 bits per heavy atom. The van der Waals surface area contributed by atoms with Crippen LogP contribution in [0.3, 0.4) is 0 Å². The number of hydrogen-bond donors (Lipinski definition) is 1. The van der Waals surface area contributed by atoms with E-state index in [0.717, 1.165) is 38.8 Å². The highest BCUT2D eigenvalue weighted by Crippen LogP contribution is 2.28. The van der Waals surface area contributed by atoms with Gasteiger partial charge in [-0.1, -0.05) is 83.6 Å². The number of rotatable bonds is 18. The maximum absolute atomic E-state index is 14.7. The van der Waals surface area contributed by atoms with Gasteiger partial charge in [-0.05, 0) is 19.0 Å². The second-order valence-electron chi connectivity index (χ2n) is 10.8. The molecule has 2 heterocycles. The number of benzene rings is 1. The van der Waals surface area contributed by atoms with Gasteiger partial charge in [0.2, 0.25) is 0 Å². The second kappa shape index (κ2) is 16.1. The van der Waals surface area contributed by atoms with Crippen LogP contribution in [0.15, 0.2) is 30.9 Å². The van der Waals surface area contributed by atoms with Crippen molar-refractivity contribution in [2.24, 2.45) is 0 Å². The Kier molecular flexibility index (Phi) is 12.9. The zero-order valence-corrected chi connectivity index (χ0v) is 22.8. The lowest BCUT2D eigenvalue weighted by atomic mass is 9.92. The molecule has 1 saturated heterocycles. The van der Waals surface area contributed by atoms with Crippen LogP contribution in [-0.4, -0.2) is 68.9 Å². The van der Waals surface area contributed by atoms with E-state index >= 15 is 0 Å². The van der Waals surface area contributed by atoms with Gasteiger partial charge in [0.05, 0.1) is 6.54 Å². The van der Waals surface area contributed by atoms with E-state index < -0.39 is 17.2 Å². The van der Waals surface area contributed by atoms with Crippen molar-refractivity contribution >= 4 is 0 Å². The van der Waals surface area contributed by atoms with E-state index in [2.05, 4.69) is 26.8 Å². The lowest BCUT2D eigenvalue weighted by Crippen LogP contribution is -2.52. The largest absolute Gasteiger partial charge is 0.382 e. The number of aromatic nitrogens is 3. The zero-order chi connectivity index (χ0) is 26.3. The quantitative estimate of drug-likeness (QED) is 0.254. The molecule has 1 aromatic carbocycles. The van der Waals surface area contributed by atoms with Gasteiger partial charge >= 0.3 is 0 Å². The molecular weight excluding hydrogens is 472 g/mol. The minimum Gasteiger partial charge on any atom is -0.382 e. The fourth-order valence-corrected chi connectivity index (χ4v) is 5.39. The number of piperazine rings is 1. The van der Waals surface area contributed by atoms with Crippen molar-refractivity contribution in [3.63, 3.8) is 0 Å². The average molecular weight is 520 g/mol. The summed E-state index contributed by atoms with van der Waals surface area (Å²) in [5, 5.41) is 15.6. The predicted octanol–water partition coefficient (Wildman–Crippen LogP) is 5.76. The summed E-state index contributed by atoms with van der Waals surface area (Å²) in [5.74, 6) is -1.40. The number of aliphatic hydroxyl groups is 1. The van der Waals surface area contributed by atoms with Gasteiger partial charge in [-0.15, -0.1) is 0 Å². The third kappa shape index (κ3) is 10.4. The van der Waals surface area contributed by atoms with Crippen molar-refractivity contribution in [1.82, 2.24) is 24.6 Å². The molecule has 0 saturated carbocycles. The Balaban J connectivity index is 1.34. The zero-order valence-electron chi connectivity index (χ0n) is 22.8. The monoisotopic (exact) mass is 519 g/mol. The van der Waals surface area contributed by atoms with Crippen LogP contribution in [-0.2, 0) is 12.1 Å². The highest BCUT2D eigenvalue weighted by molar-refractivity contribution is 5.25. The van der Waals surface area contributed by atoms with Gasteiger partial charge in [0.25, 0.3) is 0 Å². The minimum atomic E-state index is -1.54. The van der Waals surface area contributed by atoms with E-state index in [1.165, 1.54) is 107 Å². The number of nitrogens with zero attached hydrogens (tertiary/aromatic N) is 5. The van der Waals surface area contributed by atoms with E-state index in [9.17, 15) is 13.9 Å². The molecule has 2 aromatic rings. The number of halogens is 2. The third-order valence-corrected chi connectivity index (χ3v) is 7.60. The van der Waals surface area contributed by atoms with Gasteiger partial charge < -0.3 is 10.0 Å². The van der Waals surface area contributed by atoms with Crippen LogP contribution in [0.4, 0.5) is 8.78 Å². The fourth-order valence-electron chi connectivity index (χ4n) is 5.39. The molecule has 37 heavy (non-hydrogen) atoms. The molecule has 6 nitrogen and oxygen atoms in total. The summed E-state index contributed by atoms with van der Waals surface area (Å²) < 4.78 is 29.7. The molecule has 1 aliphatic heterocycles. The van der Waals surface area contributed by atoms with Crippen molar-refractivity contribution in [1.29, 1.82) is 0 Å². The molecule has 0 bridgehead atoms. The van der Waals surface area contributed by atoms with Crippen LogP contribution in [0.5, 0.6) is 0 Å². The van der Waals surface area contributed by atoms with Crippen molar-refractivity contribution in [3.05, 3.63) is 48.1 Å². The van der Waals surface area contributed by atoms with Crippen LogP contribution >= 0.6 is 0 Å². The molecule has 3 rings (SSSR count). The highest BCUT2D eigenvalue weighted by Gasteiger charge is 2.36. The lowest BCUT2D eigenvalue weighted by Gasteiger charge is -2.39. The first-order valence-corrected chi connectivity index (χ1v) is 14.5. The number of hydrogen-bond acceptors (Lipinski definition) is 5. The maximum atomic E-state index is 14.7. The summed E-state index contributed by atoms with van der Waals surface area (Å²) in [6.45, 7) is 7.16. The standard InChI is InChI=1S/C29H47F2N5O/c1-2-3-4-5-6-7-8-9-10-11-12-13-16-34-17-19-35(20-18-34)22-29(37,23-36-25-32-24-33-36)27-15-14-26(30)21-28(27)31/h14-15,21,24-25,37H,2-13,16-20,22-23H2,1H3. The second-order valence-corrected chi connectivity index (χ2v) is 10.8. The van der Waals surface area contributed by atoms with Crippen LogP contribution < -0.4 is 0 Å². The van der Waals surface area contributed by atoms with Crippen molar-refractivity contribution in [2.75, 3.05) is 39.3 Å². The molecular formula is C29H47F2N5O. The molecule has 1 aliphatic rings. The molecule has 208 valence electrons. The Hall–Kier alpha value is -1.90. The Labute approximate surface area is 222 Å². The molecule has 1 fully saturated rings. The van der Waals surface area contributed by atoms with Crippen LogP contribution in [0.2, 0.25) is 0 Å². The summed E-state index contributed by atoms with van der Waals surface area (Å²) in [6.07, 6.45) is 19.2. The summed E-state index contributed by atoms with van der Waals surface area (Å²) in [7, 11) is 0. The molecule has 0 aliphatic carbocycles. The number of unbranched alkanes of at least 4 members (excludes halogenated alkanes) is 11. The first-order chi connectivity index (χ1) is 18.0. The Bertz CT molecular complexity index is 873. The van der Waals surface area contributed by atoms with Gasteiger partial charge in [0.1, 0.15) is 29.9 Å². The molecule has 0 spiro atoms. The number of β-amino-alcohol motifs (C(OH)–C–C–N with tert-alkyl or cyclic N) is 1. The van der Waals surface area contributed by atoms with E-state index in [-0.39, 0.29) is 18.7 Å². The summed E-state index contributed by atoms with van der Waals surface area (Å²) >= 11 is 0. The van der Waals surface area contributed by atoms with Crippen molar-refractivity contribution in [3.8, 4) is 0 Å². The molecule has 1 N–H and O–H groups in total. The summed E-state index contributed by atoms with van der Waals surface area (Å²) in [4.78, 5) is 8.59. The highest BCUT2D eigenvalue weighted by atomic mass is 19.1. The summed E-state index contributed by atoms with van der Waals surface area (Å²) in [5.41, 5.74) is -1.45. The van der Waals surface area contributed by atoms with E-state index in [1.54, 1.807) is 0 Å². The molecule has 0 amide bonds. The third-order valence-electron chi connectivity index (χ3n) is 7.60. The van der Waals surface area contributed by atoms with Crippen molar-refractivity contribution in [2.45, 2.75) is 96.1 Å². The van der Waals surface area contributed by atoms with Crippen LogP contribution in [0, 0.1) is 11.6 Å². The van der Waals surface area contributed by atoms with Crippen LogP contribution in [0.1, 0.15) is 89.5 Å². The molecule has 1 unspecified atom stereocenters. The topological polar surface area (TPSA) is 57.4 Å². The predicted molar refractivity (Wildman–Crippen MR) is 144 cm³/mol. The van der Waals surface area contributed by atoms with Gasteiger partial charge in [0.15, 0.2) is 0 Å². The van der Waals surface area contributed by atoms with Crippen molar-refractivity contribution < 1.29 is 13.9 Å². The average Bonchev–Trinajstić information content (AvgIpc) is 3.38. The minimum absolute atomic E-state index is 0.0502. The van der Waals surface area contributed by atoms with Gasteiger partial charge in [-0.3, -0.25) is 4.90 Å². The first kappa shape index (κ1) is 29.7. The molecule has 1 atom stereocenters. The smallest absolute Gasteiger partial charge is 0.137 e. The SMILES string of the molecule is CCCCCCCCCCCCCCN1CCN(CC(O)(Cn2cncn2)c2ccc(F)cc2F)CC1. The molecule has 1 aromatic heterocycles. The maximum Gasteiger partial charge on any atom is 0.137 e. The van der Waals surface area contributed by atoms with Gasteiger partial charge in [0, 0.05) is 44.4 Å². The van der Waals surface area contributed by atoms with E-state index in [4.69, 9.17) is 0 Å². The fraction of sp³-hybridized carbons (Fsp3) is 0.724. The van der Waals surface area contributed by atoms with Gasteiger partial charge in [-0.25, -0.2) is 18.4 Å². The van der Waals surface area contributed by atoms with Gasteiger partial charge in [-0.2, -0.15) is 5.10 Å². The normalized spacial score (nSPS) is 16.8. The lowest BCUT2D eigenvalue weighted by molar-refractivity contribution is -0.0319. The Morgan fingerprint density at radius 3 is 1.97 bits per heavy atom. The Morgan fingerprint density at radius 2 is 1.41 bits per heavy atom. The van der Waals surface area contributed by atoms with E-state index in [0.29, 0.717) is 0 Å². The van der Waals surface area contributed by atoms with E-state index in [1.807, 2.05) is 0 Å². The summed E-state index contributed by atoms with van der Waals surface area (Å²) in [6, 6.07) is 3.36. The first-order valence-electron chi connectivity index (χ1n) is 14.5. The van der Waals surface area contributed by atoms with Crippen LogP contribution in [0.25, 0.3) is 0 Å². The molecule has 0 radical (unpaired) electrons.